The zero-order chi connectivity index (χ0) is 64.7. The van der Waals surface area contributed by atoms with Crippen LogP contribution in [0.25, 0.3) is 11.1 Å². The van der Waals surface area contributed by atoms with Crippen molar-refractivity contribution in [1.29, 1.82) is 0 Å². The second-order valence-electron chi connectivity index (χ2n) is 17.9. The monoisotopic (exact) mass is 1320 g/mol. The SMILES string of the molecule is COc1c(F)c(F)c(OB(Oc2c(F)c(F)c(OC)c(F)c2F)Oc2c(F)c(F)c(OC(Sc3c(F)c(F)c(OC)c(F)c3F)(c3ccc(F)cc3)c3ccc(F)cc3-c3ccc(Sc4ccc(C(=O)c5cccc(Cl)c5)cc4)cc3)c(F)c2F)c(F)c1F. The minimum Gasteiger partial charge on any atom is -0.491 e. The summed E-state index contributed by atoms with van der Waals surface area (Å²) in [6.07, 6.45) is 0. The maximum absolute atomic E-state index is 17.1. The van der Waals surface area contributed by atoms with E-state index in [-0.39, 0.29) is 16.9 Å². The molecule has 0 spiro atoms. The van der Waals surface area contributed by atoms with E-state index in [2.05, 4.69) is 28.2 Å². The number of hydrogen-bond donors (Lipinski definition) is 0. The van der Waals surface area contributed by atoms with Crippen LogP contribution in [0.15, 0.2) is 130 Å². The molecule has 0 saturated carbocycles. The number of methoxy groups -OCH3 is 3. The molecular formula is C59H28BClF18O8S2. The van der Waals surface area contributed by atoms with Gasteiger partial charge in [0.2, 0.25) is 86.4 Å². The van der Waals surface area contributed by atoms with Crippen molar-refractivity contribution in [2.45, 2.75) is 19.6 Å². The summed E-state index contributed by atoms with van der Waals surface area (Å²) in [4.78, 5) is 8.75. The quantitative estimate of drug-likeness (QED) is 0.0184. The number of ketones is 1. The van der Waals surface area contributed by atoms with Crippen LogP contribution in [-0.4, -0.2) is 34.4 Å². The van der Waals surface area contributed by atoms with Crippen LogP contribution in [0, 0.1) is 105 Å². The number of carbonyl (C=O) groups is 1. The predicted octanol–water partition coefficient (Wildman–Crippen LogP) is 17.5. The number of ether oxygens (including phenoxy) is 4. The van der Waals surface area contributed by atoms with Crippen LogP contribution in [0.1, 0.15) is 27.0 Å². The van der Waals surface area contributed by atoms with E-state index in [1.165, 1.54) is 42.5 Å². The Morgan fingerprint density at radius 3 is 1.24 bits per heavy atom. The van der Waals surface area contributed by atoms with Crippen molar-refractivity contribution in [2.75, 3.05) is 21.3 Å². The van der Waals surface area contributed by atoms with Crippen molar-refractivity contribution >= 4 is 48.2 Å². The Hall–Kier alpha value is -8.96. The maximum atomic E-state index is 17.1. The molecule has 89 heavy (non-hydrogen) atoms. The summed E-state index contributed by atoms with van der Waals surface area (Å²) in [7, 11) is -2.34. The molecule has 9 aromatic rings. The fourth-order valence-corrected chi connectivity index (χ4v) is 10.8. The molecule has 9 rings (SSSR count). The molecule has 460 valence electrons. The van der Waals surface area contributed by atoms with Crippen molar-refractivity contribution in [3.63, 3.8) is 0 Å². The number of hydrogen-bond acceptors (Lipinski definition) is 10. The number of benzene rings is 9. The van der Waals surface area contributed by atoms with E-state index in [9.17, 15) is 26.7 Å². The topological polar surface area (TPSA) is 81.7 Å². The maximum Gasteiger partial charge on any atom is 0.864 e. The Labute approximate surface area is 502 Å². The molecule has 9 aromatic carbocycles. The van der Waals surface area contributed by atoms with Gasteiger partial charge in [0.15, 0.2) is 57.7 Å². The van der Waals surface area contributed by atoms with Crippen LogP contribution < -0.4 is 32.9 Å². The molecule has 0 saturated heterocycles. The number of rotatable bonds is 20. The van der Waals surface area contributed by atoms with E-state index in [1.54, 1.807) is 30.3 Å². The van der Waals surface area contributed by atoms with Crippen LogP contribution in [-0.2, 0) is 4.93 Å². The lowest BCUT2D eigenvalue weighted by molar-refractivity contribution is 0.103. The first-order valence-electron chi connectivity index (χ1n) is 24.4. The minimum absolute atomic E-state index is 0.155. The van der Waals surface area contributed by atoms with Gasteiger partial charge in [0.05, 0.1) is 26.2 Å². The molecule has 0 N–H and O–H groups in total. The van der Waals surface area contributed by atoms with Gasteiger partial charge in [-0.1, -0.05) is 77.6 Å². The molecule has 0 radical (unpaired) electrons. The number of carbonyl (C=O) groups excluding carboxylic acids is 1. The Morgan fingerprint density at radius 1 is 0.416 bits per heavy atom. The van der Waals surface area contributed by atoms with Gasteiger partial charge in [-0.05, 0) is 83.9 Å². The summed E-state index contributed by atoms with van der Waals surface area (Å²) in [5, 5.41) is 0.317. The smallest absolute Gasteiger partial charge is 0.491 e. The first-order chi connectivity index (χ1) is 42.3. The van der Waals surface area contributed by atoms with Gasteiger partial charge < -0.3 is 32.9 Å². The molecule has 0 fully saturated rings. The Kier molecular flexibility index (Phi) is 18.9. The lowest BCUT2D eigenvalue weighted by Gasteiger charge is -2.37. The lowest BCUT2D eigenvalue weighted by Crippen LogP contribution is -2.39. The van der Waals surface area contributed by atoms with E-state index in [4.69, 9.17) is 16.3 Å². The molecule has 0 amide bonds. The average molecular weight is 1320 g/mol. The van der Waals surface area contributed by atoms with E-state index in [1.807, 2.05) is 0 Å². The lowest BCUT2D eigenvalue weighted by atomic mass is 9.91. The van der Waals surface area contributed by atoms with Crippen LogP contribution in [0.2, 0.25) is 5.02 Å². The largest absolute Gasteiger partial charge is 0.864 e. The number of thioether (sulfide) groups is 1. The van der Waals surface area contributed by atoms with Crippen LogP contribution in [0.5, 0.6) is 40.2 Å². The van der Waals surface area contributed by atoms with Crippen LogP contribution in [0.4, 0.5) is 79.0 Å². The molecule has 0 aromatic heterocycles. The van der Waals surface area contributed by atoms with E-state index in [0.717, 1.165) is 11.8 Å². The highest BCUT2D eigenvalue weighted by Crippen LogP contribution is 2.55. The van der Waals surface area contributed by atoms with Crippen molar-refractivity contribution in [3.05, 3.63) is 247 Å². The third-order valence-corrected chi connectivity index (χ3v) is 15.3. The third kappa shape index (κ3) is 12.2. The van der Waals surface area contributed by atoms with Crippen LogP contribution in [0.3, 0.4) is 0 Å². The summed E-state index contributed by atoms with van der Waals surface area (Å²) in [5.74, 6) is -59.5. The molecule has 0 bridgehead atoms. The highest BCUT2D eigenvalue weighted by atomic mass is 35.5. The minimum atomic E-state index is -3.90. The molecule has 1 atom stereocenters. The fourth-order valence-electron chi connectivity index (χ4n) is 8.47. The average Bonchev–Trinajstić information content (AvgIpc) is 1.04. The van der Waals surface area contributed by atoms with Gasteiger partial charge in [0, 0.05) is 37.1 Å². The van der Waals surface area contributed by atoms with Crippen molar-refractivity contribution in [2.24, 2.45) is 0 Å². The molecule has 8 nitrogen and oxygen atoms in total. The highest BCUT2D eigenvalue weighted by Gasteiger charge is 2.48. The highest BCUT2D eigenvalue weighted by molar-refractivity contribution is 8.00. The zero-order valence-corrected chi connectivity index (χ0v) is 46.7. The molecule has 0 aliphatic rings. The molecule has 0 aliphatic heterocycles. The first kappa shape index (κ1) is 64.5. The molecule has 30 heteroatoms. The van der Waals surface area contributed by atoms with Gasteiger partial charge in [-0.25, -0.2) is 17.6 Å². The van der Waals surface area contributed by atoms with Crippen molar-refractivity contribution in [1.82, 2.24) is 0 Å². The normalized spacial score (nSPS) is 11.9. The summed E-state index contributed by atoms with van der Waals surface area (Å²) in [6.45, 7) is 0. The second-order valence-corrected chi connectivity index (χ2v) is 20.7. The van der Waals surface area contributed by atoms with Gasteiger partial charge in [0.1, 0.15) is 11.6 Å². The predicted molar refractivity (Wildman–Crippen MR) is 283 cm³/mol. The van der Waals surface area contributed by atoms with Gasteiger partial charge in [-0.15, -0.1) is 0 Å². The third-order valence-electron chi connectivity index (χ3n) is 12.6. The van der Waals surface area contributed by atoms with Crippen molar-refractivity contribution < 1.29 is 117 Å². The second kappa shape index (κ2) is 26.0. The standard InChI is InChI=1S/C59H28BClF18O8S2/c1-81-51-34(64)40(70)55(41(71)35(51)65)85-60(86-56-42(72)36(66)52(82-2)37(67)43(56)73)87-57-44(74)38(68)54(39(69)45(57)75)84-59(26-11-13-28(62)14-12-26,89-58-48(78)46(76)53(83-3)47(77)49(58)79)33-20-15-29(63)22-32(33)23-7-16-30(17-8-23)88-31-18-9-24(10-19-31)50(80)25-5-4-6-27(61)21-25/h4-22H,1-3H3. The van der Waals surface area contributed by atoms with E-state index >= 15 is 57.1 Å². The van der Waals surface area contributed by atoms with Gasteiger partial charge in [0.25, 0.3) is 0 Å². The molecule has 0 aliphatic carbocycles. The van der Waals surface area contributed by atoms with Gasteiger partial charge >= 0.3 is 7.32 Å². The zero-order valence-electron chi connectivity index (χ0n) is 44.3. The Balaban J connectivity index is 1.21. The van der Waals surface area contributed by atoms with Crippen molar-refractivity contribution in [3.8, 4) is 51.4 Å². The van der Waals surface area contributed by atoms with E-state index < -0.39 is 191 Å². The summed E-state index contributed by atoms with van der Waals surface area (Å²) >= 11 is 6.55. The van der Waals surface area contributed by atoms with Gasteiger partial charge in [-0.2, -0.15) is 61.5 Å². The Morgan fingerprint density at radius 2 is 0.809 bits per heavy atom. The fraction of sp³-hybridized carbons (Fsp3) is 0.0678. The Bertz CT molecular complexity index is 4080. The first-order valence-corrected chi connectivity index (χ1v) is 26.5. The molecule has 1 unspecified atom stereocenters. The van der Waals surface area contributed by atoms with Crippen LogP contribution >= 0.6 is 35.1 Å². The molecular weight excluding hydrogens is 1290 g/mol. The van der Waals surface area contributed by atoms with Gasteiger partial charge in [-0.3, -0.25) is 4.79 Å². The summed E-state index contributed by atoms with van der Waals surface area (Å²) in [5.41, 5.74) is -1.73. The summed E-state index contributed by atoms with van der Waals surface area (Å²) in [6, 6.07) is 22.1. The molecule has 0 heterocycles. The van der Waals surface area contributed by atoms with E-state index in [0.29, 0.717) is 84.2 Å². The number of halogens is 19. The summed E-state index contributed by atoms with van der Waals surface area (Å²) < 4.78 is 316.